The van der Waals surface area contributed by atoms with Crippen LogP contribution < -0.4 is 4.72 Å². The molecule has 0 unspecified atom stereocenters. The fourth-order valence-corrected chi connectivity index (χ4v) is 2.60. The molecule has 0 heterocycles. The minimum atomic E-state index is -3.96. The van der Waals surface area contributed by atoms with E-state index >= 15 is 0 Å². The van der Waals surface area contributed by atoms with Crippen LogP contribution in [0.1, 0.15) is 12.5 Å². The third-order valence-electron chi connectivity index (χ3n) is 2.14. The van der Waals surface area contributed by atoms with Gasteiger partial charge in [0.15, 0.2) is 5.75 Å². The van der Waals surface area contributed by atoms with E-state index in [1.807, 2.05) is 0 Å². The minimum absolute atomic E-state index is 0.0747. The van der Waals surface area contributed by atoms with E-state index < -0.39 is 21.7 Å². The topological polar surface area (TPSA) is 92.7 Å². The van der Waals surface area contributed by atoms with Crippen molar-refractivity contribution >= 4 is 33.3 Å². The van der Waals surface area contributed by atoms with Crippen LogP contribution in [-0.4, -0.2) is 31.9 Å². The lowest BCUT2D eigenvalue weighted by molar-refractivity contribution is -0.139. The van der Waals surface area contributed by atoms with Crippen molar-refractivity contribution in [2.75, 3.05) is 17.1 Å². The Morgan fingerprint density at radius 2 is 2.11 bits per heavy atom. The van der Waals surface area contributed by atoms with Crippen LogP contribution in [0.4, 0.5) is 5.69 Å². The van der Waals surface area contributed by atoms with Crippen molar-refractivity contribution < 1.29 is 23.1 Å². The Kier molecular flexibility index (Phi) is 5.02. The number of ether oxygens (including phenoxy) is 1. The van der Waals surface area contributed by atoms with Crippen molar-refractivity contribution in [1.29, 1.82) is 0 Å². The predicted octanol–water partition coefficient (Wildman–Crippen LogP) is 1.66. The number of anilines is 1. The molecule has 1 rings (SSSR count). The highest BCUT2D eigenvalue weighted by atomic mass is 35.5. The molecule has 0 aliphatic carbocycles. The quantitative estimate of drug-likeness (QED) is 0.637. The van der Waals surface area contributed by atoms with Gasteiger partial charge in [0.1, 0.15) is 5.75 Å². The van der Waals surface area contributed by atoms with E-state index in [-0.39, 0.29) is 23.1 Å². The standard InChI is InChI=1S/C11H14ClNO5S/c1-3-18-10(14)6-19(16,17)13-9-5-8(12)4-7(2)11(9)15/h4-5,13,15H,3,6H2,1-2H3. The van der Waals surface area contributed by atoms with Gasteiger partial charge in [-0.15, -0.1) is 0 Å². The van der Waals surface area contributed by atoms with Gasteiger partial charge in [0.05, 0.1) is 12.3 Å². The fraction of sp³-hybridized carbons (Fsp3) is 0.364. The number of carbonyl (C=O) groups excluding carboxylic acids is 1. The number of halogens is 1. The molecule has 0 radical (unpaired) electrons. The number of phenols is 1. The zero-order valence-electron chi connectivity index (χ0n) is 10.4. The van der Waals surface area contributed by atoms with E-state index in [1.54, 1.807) is 13.8 Å². The van der Waals surface area contributed by atoms with Crippen molar-refractivity contribution in [3.8, 4) is 5.75 Å². The molecule has 0 bridgehead atoms. The number of benzene rings is 1. The highest BCUT2D eigenvalue weighted by molar-refractivity contribution is 7.93. The first-order valence-electron chi connectivity index (χ1n) is 5.40. The molecule has 19 heavy (non-hydrogen) atoms. The average molecular weight is 308 g/mol. The monoisotopic (exact) mass is 307 g/mol. The molecule has 1 aromatic rings. The van der Waals surface area contributed by atoms with E-state index in [2.05, 4.69) is 9.46 Å². The number of hydrogen-bond acceptors (Lipinski definition) is 5. The van der Waals surface area contributed by atoms with Gasteiger partial charge in [-0.1, -0.05) is 11.6 Å². The molecule has 0 saturated carbocycles. The largest absolute Gasteiger partial charge is 0.505 e. The normalized spacial score (nSPS) is 11.1. The van der Waals surface area contributed by atoms with Crippen LogP contribution in [0.5, 0.6) is 5.75 Å². The number of aryl methyl sites for hydroxylation is 1. The smallest absolute Gasteiger partial charge is 0.323 e. The molecule has 0 saturated heterocycles. The van der Waals surface area contributed by atoms with Gasteiger partial charge in [0, 0.05) is 5.02 Å². The first-order chi connectivity index (χ1) is 8.75. The molecular formula is C11H14ClNO5S. The van der Waals surface area contributed by atoms with Gasteiger partial charge >= 0.3 is 5.97 Å². The molecule has 0 aliphatic heterocycles. The molecule has 6 nitrogen and oxygen atoms in total. The number of hydrogen-bond donors (Lipinski definition) is 2. The van der Waals surface area contributed by atoms with Crippen molar-refractivity contribution in [1.82, 2.24) is 0 Å². The van der Waals surface area contributed by atoms with Crippen LogP contribution >= 0.6 is 11.6 Å². The van der Waals surface area contributed by atoms with E-state index in [9.17, 15) is 18.3 Å². The first kappa shape index (κ1) is 15.6. The molecule has 2 N–H and O–H groups in total. The summed E-state index contributed by atoms with van der Waals surface area (Å²) in [6.07, 6.45) is 0. The third-order valence-corrected chi connectivity index (χ3v) is 3.51. The Morgan fingerprint density at radius 1 is 1.47 bits per heavy atom. The molecule has 8 heteroatoms. The second-order valence-corrected chi connectivity index (χ2v) is 5.94. The first-order valence-corrected chi connectivity index (χ1v) is 7.43. The van der Waals surface area contributed by atoms with Crippen LogP contribution in [0.15, 0.2) is 12.1 Å². The summed E-state index contributed by atoms with van der Waals surface area (Å²) in [6.45, 7) is 3.24. The summed E-state index contributed by atoms with van der Waals surface area (Å²) >= 11 is 5.77. The lowest BCUT2D eigenvalue weighted by Crippen LogP contribution is -2.24. The summed E-state index contributed by atoms with van der Waals surface area (Å²) < 4.78 is 30.0. The second-order valence-electron chi connectivity index (χ2n) is 3.79. The minimum Gasteiger partial charge on any atom is -0.505 e. The van der Waals surface area contributed by atoms with Gasteiger partial charge in [-0.25, -0.2) is 8.42 Å². The Labute approximate surface area is 116 Å². The van der Waals surface area contributed by atoms with E-state index in [0.717, 1.165) is 0 Å². The van der Waals surface area contributed by atoms with Crippen LogP contribution in [0.2, 0.25) is 5.02 Å². The number of rotatable bonds is 5. The van der Waals surface area contributed by atoms with E-state index in [0.29, 0.717) is 5.56 Å². The second kappa shape index (κ2) is 6.12. The molecule has 0 aromatic heterocycles. The summed E-state index contributed by atoms with van der Waals surface area (Å²) in [4.78, 5) is 11.1. The summed E-state index contributed by atoms with van der Waals surface area (Å²) in [5.74, 6) is -1.93. The molecule has 106 valence electrons. The molecule has 0 aliphatic rings. The van der Waals surface area contributed by atoms with Crippen molar-refractivity contribution in [3.05, 3.63) is 22.7 Å². The summed E-state index contributed by atoms with van der Waals surface area (Å²) in [5, 5.41) is 9.99. The summed E-state index contributed by atoms with van der Waals surface area (Å²) in [7, 11) is -3.96. The number of phenolic OH excluding ortho intramolecular Hbond substituents is 1. The van der Waals surface area contributed by atoms with Crippen LogP contribution in [0, 0.1) is 6.92 Å². The van der Waals surface area contributed by atoms with Gasteiger partial charge < -0.3 is 9.84 Å². The van der Waals surface area contributed by atoms with E-state index in [4.69, 9.17) is 11.6 Å². The molecule has 0 amide bonds. The van der Waals surface area contributed by atoms with E-state index in [1.165, 1.54) is 12.1 Å². The van der Waals surface area contributed by atoms with Gasteiger partial charge in [-0.3, -0.25) is 9.52 Å². The Balaban J connectivity index is 2.93. The maximum Gasteiger partial charge on any atom is 0.323 e. The lowest BCUT2D eigenvalue weighted by atomic mass is 10.2. The average Bonchev–Trinajstić information content (AvgIpc) is 2.24. The Bertz CT molecular complexity index is 585. The number of sulfonamides is 1. The number of carbonyl (C=O) groups is 1. The molecule has 0 atom stereocenters. The van der Waals surface area contributed by atoms with Crippen molar-refractivity contribution in [2.24, 2.45) is 0 Å². The Morgan fingerprint density at radius 3 is 2.68 bits per heavy atom. The number of nitrogens with one attached hydrogen (secondary N) is 1. The molecule has 0 spiro atoms. The summed E-state index contributed by atoms with van der Waals surface area (Å²) in [6, 6.07) is 2.74. The zero-order chi connectivity index (χ0) is 14.6. The molecule has 1 aromatic carbocycles. The molecular weight excluding hydrogens is 294 g/mol. The van der Waals surface area contributed by atoms with Crippen LogP contribution in [-0.2, 0) is 19.6 Å². The van der Waals surface area contributed by atoms with Crippen LogP contribution in [0.3, 0.4) is 0 Å². The van der Waals surface area contributed by atoms with Gasteiger partial charge in [0.25, 0.3) is 0 Å². The van der Waals surface area contributed by atoms with Gasteiger partial charge in [-0.2, -0.15) is 0 Å². The fourth-order valence-electron chi connectivity index (χ4n) is 1.37. The highest BCUT2D eigenvalue weighted by Crippen LogP contribution is 2.31. The predicted molar refractivity (Wildman–Crippen MR) is 71.9 cm³/mol. The van der Waals surface area contributed by atoms with Crippen molar-refractivity contribution in [3.63, 3.8) is 0 Å². The zero-order valence-corrected chi connectivity index (χ0v) is 12.0. The van der Waals surface area contributed by atoms with Crippen molar-refractivity contribution in [2.45, 2.75) is 13.8 Å². The SMILES string of the molecule is CCOC(=O)CS(=O)(=O)Nc1cc(Cl)cc(C)c1O. The highest BCUT2D eigenvalue weighted by Gasteiger charge is 2.19. The van der Waals surface area contributed by atoms with Crippen LogP contribution in [0.25, 0.3) is 0 Å². The Hall–Kier alpha value is -1.47. The third kappa shape index (κ3) is 4.60. The van der Waals surface area contributed by atoms with Gasteiger partial charge in [-0.05, 0) is 31.5 Å². The molecule has 0 fully saturated rings. The maximum absolute atomic E-state index is 11.7. The maximum atomic E-state index is 11.7. The lowest BCUT2D eigenvalue weighted by Gasteiger charge is -2.11. The number of aromatic hydroxyl groups is 1. The van der Waals surface area contributed by atoms with Gasteiger partial charge in [0.2, 0.25) is 10.0 Å². The number of esters is 1. The summed E-state index contributed by atoms with van der Waals surface area (Å²) in [5.41, 5.74) is 0.343.